The summed E-state index contributed by atoms with van der Waals surface area (Å²) in [5.74, 6) is 2.22. The number of hydrogen-bond acceptors (Lipinski definition) is 6. The lowest BCUT2D eigenvalue weighted by Gasteiger charge is -2.12. The van der Waals surface area contributed by atoms with E-state index in [-0.39, 0.29) is 5.91 Å². The molecule has 0 spiro atoms. The highest BCUT2D eigenvalue weighted by atomic mass is 35.5. The number of furan rings is 2. The van der Waals surface area contributed by atoms with Gasteiger partial charge in [-0.1, -0.05) is 23.4 Å². The Morgan fingerprint density at radius 2 is 1.97 bits per heavy atom. The van der Waals surface area contributed by atoms with Crippen molar-refractivity contribution in [1.29, 1.82) is 0 Å². The molecule has 3 heterocycles. The molecule has 0 atom stereocenters. The van der Waals surface area contributed by atoms with Crippen molar-refractivity contribution >= 4 is 35.0 Å². The molecule has 7 nitrogen and oxygen atoms in total. The molecule has 0 radical (unpaired) electrons. The summed E-state index contributed by atoms with van der Waals surface area (Å²) in [4.78, 5) is 20.3. The highest BCUT2D eigenvalue weighted by molar-refractivity contribution is 7.99. The third-order valence-corrected chi connectivity index (χ3v) is 5.81. The van der Waals surface area contributed by atoms with Crippen LogP contribution in [0, 0.1) is 6.92 Å². The number of aryl methyl sites for hydroxylation is 1. The number of carbonyl (C=O) groups is 1. The lowest BCUT2D eigenvalue weighted by Crippen LogP contribution is -2.13. The van der Waals surface area contributed by atoms with Gasteiger partial charge in [-0.3, -0.25) is 4.79 Å². The zero-order chi connectivity index (χ0) is 21.8. The summed E-state index contributed by atoms with van der Waals surface area (Å²) in [5.41, 5.74) is 2.85. The van der Waals surface area contributed by atoms with E-state index in [1.165, 1.54) is 18.9 Å². The number of nitrogens with one attached hydrogen (secondary N) is 2. The number of anilines is 1. The lowest BCUT2D eigenvalue weighted by atomic mass is 10.2. The molecular formula is C22H20ClN3O4S. The van der Waals surface area contributed by atoms with Gasteiger partial charge in [-0.15, -0.1) is 0 Å². The quantitative estimate of drug-likeness (QED) is 0.314. The van der Waals surface area contributed by atoms with Crippen molar-refractivity contribution in [3.8, 4) is 28.7 Å². The maximum Gasteiger partial charge on any atom is 0.225 e. The monoisotopic (exact) mass is 457 g/mol. The second-order valence-electron chi connectivity index (χ2n) is 6.67. The van der Waals surface area contributed by atoms with Crippen LogP contribution in [0.15, 0.2) is 62.9 Å². The van der Waals surface area contributed by atoms with Crippen LogP contribution < -0.4 is 10.1 Å². The molecule has 2 N–H and O–H groups in total. The molecule has 0 bridgehead atoms. The number of aromatic amines is 1. The van der Waals surface area contributed by atoms with Gasteiger partial charge in [-0.2, -0.15) is 0 Å². The van der Waals surface area contributed by atoms with E-state index in [0.717, 1.165) is 11.3 Å². The molecule has 0 saturated heterocycles. The van der Waals surface area contributed by atoms with Gasteiger partial charge in [0.05, 0.1) is 25.3 Å². The largest absolute Gasteiger partial charge is 0.495 e. The number of methoxy groups -OCH3 is 1. The number of carbonyl (C=O) groups excluding carboxylic acids is 1. The van der Waals surface area contributed by atoms with E-state index in [1.54, 1.807) is 30.7 Å². The third-order valence-electron chi connectivity index (χ3n) is 4.53. The third kappa shape index (κ3) is 4.81. The Morgan fingerprint density at radius 3 is 2.65 bits per heavy atom. The molecular weight excluding hydrogens is 438 g/mol. The Hall–Kier alpha value is -3.10. The number of aromatic nitrogens is 2. The van der Waals surface area contributed by atoms with E-state index in [2.05, 4.69) is 15.3 Å². The van der Waals surface area contributed by atoms with Crippen molar-refractivity contribution in [2.75, 3.05) is 18.2 Å². The smallest absolute Gasteiger partial charge is 0.225 e. The highest BCUT2D eigenvalue weighted by Gasteiger charge is 2.18. The van der Waals surface area contributed by atoms with Crippen LogP contribution in [-0.4, -0.2) is 28.7 Å². The predicted octanol–water partition coefficient (Wildman–Crippen LogP) is 6.02. The number of ether oxygens (including phenoxy) is 1. The molecule has 0 fully saturated rings. The molecule has 4 rings (SSSR count). The summed E-state index contributed by atoms with van der Waals surface area (Å²) < 4.78 is 16.3. The maximum atomic E-state index is 12.4. The van der Waals surface area contributed by atoms with E-state index < -0.39 is 0 Å². The van der Waals surface area contributed by atoms with Gasteiger partial charge in [-0.05, 0) is 42.8 Å². The van der Waals surface area contributed by atoms with E-state index in [1.807, 2.05) is 25.1 Å². The van der Waals surface area contributed by atoms with Gasteiger partial charge in [-0.25, -0.2) is 4.98 Å². The molecule has 160 valence electrons. The molecule has 1 aromatic carbocycles. The Labute approximate surface area is 188 Å². The predicted molar refractivity (Wildman–Crippen MR) is 121 cm³/mol. The number of thioether (sulfide) groups is 1. The second-order valence-corrected chi connectivity index (χ2v) is 8.16. The molecule has 0 aliphatic rings. The standard InChI is InChI=1S/C22H20ClN3O4S/c1-13-11-15(18(28-2)12-14(13)23)24-19(27)7-10-31-22-25-20(16-5-3-8-29-16)21(26-22)17-6-4-9-30-17/h3-6,8-9,11-12H,7,10H2,1-2H3,(H,24,27)(H,25,26). The molecule has 9 heteroatoms. The normalized spacial score (nSPS) is 10.9. The van der Waals surface area contributed by atoms with Gasteiger partial charge in [0.1, 0.15) is 17.1 Å². The summed E-state index contributed by atoms with van der Waals surface area (Å²) in [6.45, 7) is 1.87. The van der Waals surface area contributed by atoms with Crippen LogP contribution in [0.2, 0.25) is 5.02 Å². The lowest BCUT2D eigenvalue weighted by molar-refractivity contribution is -0.115. The minimum absolute atomic E-state index is 0.128. The zero-order valence-electron chi connectivity index (χ0n) is 16.9. The summed E-state index contributed by atoms with van der Waals surface area (Å²) in [6.07, 6.45) is 3.49. The highest BCUT2D eigenvalue weighted by Crippen LogP contribution is 2.34. The van der Waals surface area contributed by atoms with Crippen molar-refractivity contribution in [1.82, 2.24) is 9.97 Å². The topological polar surface area (TPSA) is 93.3 Å². The van der Waals surface area contributed by atoms with Gasteiger partial charge in [0.25, 0.3) is 0 Å². The second kappa shape index (κ2) is 9.36. The summed E-state index contributed by atoms with van der Waals surface area (Å²) in [5, 5.41) is 4.14. The number of benzene rings is 1. The van der Waals surface area contributed by atoms with Crippen LogP contribution in [0.5, 0.6) is 5.75 Å². The van der Waals surface area contributed by atoms with E-state index in [0.29, 0.717) is 51.0 Å². The fourth-order valence-electron chi connectivity index (χ4n) is 2.99. The number of H-pyrrole nitrogens is 1. The Morgan fingerprint density at radius 1 is 1.23 bits per heavy atom. The molecule has 31 heavy (non-hydrogen) atoms. The van der Waals surface area contributed by atoms with Crippen LogP contribution in [0.1, 0.15) is 12.0 Å². The zero-order valence-corrected chi connectivity index (χ0v) is 18.5. The summed E-state index contributed by atoms with van der Waals surface area (Å²) >= 11 is 7.56. The first-order valence-electron chi connectivity index (χ1n) is 9.49. The van der Waals surface area contributed by atoms with E-state index >= 15 is 0 Å². The van der Waals surface area contributed by atoms with Crippen molar-refractivity contribution in [3.63, 3.8) is 0 Å². The molecule has 0 unspecified atom stereocenters. The van der Waals surface area contributed by atoms with Gasteiger partial charge < -0.3 is 23.9 Å². The van der Waals surface area contributed by atoms with Crippen molar-refractivity contribution in [3.05, 3.63) is 59.5 Å². The van der Waals surface area contributed by atoms with E-state index in [4.69, 9.17) is 25.2 Å². The van der Waals surface area contributed by atoms with Crippen LogP contribution in [0.3, 0.4) is 0 Å². The van der Waals surface area contributed by atoms with E-state index in [9.17, 15) is 4.79 Å². The Bertz CT molecular complexity index is 1120. The van der Waals surface area contributed by atoms with Gasteiger partial charge >= 0.3 is 0 Å². The summed E-state index contributed by atoms with van der Waals surface area (Å²) in [7, 11) is 1.54. The number of rotatable bonds is 8. The maximum absolute atomic E-state index is 12.4. The van der Waals surface area contributed by atoms with Crippen LogP contribution >= 0.6 is 23.4 Å². The number of halogens is 1. The van der Waals surface area contributed by atoms with Crippen molar-refractivity contribution in [2.24, 2.45) is 0 Å². The SMILES string of the molecule is COc1cc(Cl)c(C)cc1NC(=O)CCSc1nc(-c2ccco2)c(-c2ccco2)[nH]1. The van der Waals surface area contributed by atoms with Crippen molar-refractivity contribution in [2.45, 2.75) is 18.5 Å². The number of amides is 1. The average Bonchev–Trinajstić information content (AvgIpc) is 3.51. The number of nitrogens with zero attached hydrogens (tertiary/aromatic N) is 1. The Kier molecular flexibility index (Phi) is 6.39. The number of imidazole rings is 1. The van der Waals surface area contributed by atoms with Crippen LogP contribution in [0.25, 0.3) is 22.9 Å². The number of hydrogen-bond donors (Lipinski definition) is 2. The first-order valence-corrected chi connectivity index (χ1v) is 10.9. The van der Waals surface area contributed by atoms with Crippen LogP contribution in [-0.2, 0) is 4.79 Å². The molecule has 4 aromatic rings. The average molecular weight is 458 g/mol. The van der Waals surface area contributed by atoms with Gasteiger partial charge in [0.15, 0.2) is 16.7 Å². The fourth-order valence-corrected chi connectivity index (χ4v) is 3.96. The minimum atomic E-state index is -0.128. The minimum Gasteiger partial charge on any atom is -0.495 e. The molecule has 0 aliphatic carbocycles. The summed E-state index contributed by atoms with van der Waals surface area (Å²) in [6, 6.07) is 10.8. The van der Waals surface area contributed by atoms with Gasteiger partial charge in [0.2, 0.25) is 5.91 Å². The Balaban J connectivity index is 1.42. The molecule has 0 saturated carbocycles. The van der Waals surface area contributed by atoms with Crippen LogP contribution in [0.4, 0.5) is 5.69 Å². The molecule has 0 aliphatic heterocycles. The van der Waals surface area contributed by atoms with Gasteiger partial charge in [0, 0.05) is 23.3 Å². The first kappa shape index (κ1) is 21.1. The first-order chi connectivity index (χ1) is 15.0. The molecule has 3 aromatic heterocycles. The molecule has 1 amide bonds. The fraction of sp³-hybridized carbons (Fsp3) is 0.182. The van der Waals surface area contributed by atoms with Crippen molar-refractivity contribution < 1.29 is 18.4 Å².